The van der Waals surface area contributed by atoms with Crippen molar-refractivity contribution in [1.82, 2.24) is 4.90 Å². The average Bonchev–Trinajstić information content (AvgIpc) is 2.63. The lowest BCUT2D eigenvalue weighted by atomic mass is 10.0. The summed E-state index contributed by atoms with van der Waals surface area (Å²) in [6, 6.07) is 18.1. The average molecular weight is 339 g/mol. The van der Waals surface area contributed by atoms with Crippen LogP contribution >= 0.6 is 0 Å². The second-order valence-corrected chi connectivity index (χ2v) is 6.99. The fraction of sp³-hybridized carbons (Fsp3) is 0.478. The number of aryl methyl sites for hydroxylation is 1. The summed E-state index contributed by atoms with van der Waals surface area (Å²) in [5, 5.41) is 3.61. The molecule has 136 valence electrons. The molecule has 0 saturated heterocycles. The standard InChI is InChI=1S/C23H34N2/c1-5-7-15-24-23-17-22(14-13-19(23)3)20(4)25(16-6-2)18-21-11-9-8-10-12-21/h8-14,17,20,24H,5-7,15-16,18H2,1-4H3/t20-/m0/s1. The molecular weight excluding hydrogens is 304 g/mol. The largest absolute Gasteiger partial charge is 0.385 e. The fourth-order valence-electron chi connectivity index (χ4n) is 3.22. The third kappa shape index (κ3) is 5.89. The minimum absolute atomic E-state index is 0.410. The number of anilines is 1. The molecule has 1 N–H and O–H groups in total. The summed E-state index contributed by atoms with van der Waals surface area (Å²) < 4.78 is 0. The number of benzene rings is 2. The molecule has 25 heavy (non-hydrogen) atoms. The second kappa shape index (κ2) is 10.2. The Labute approximate surface area is 154 Å². The molecule has 0 radical (unpaired) electrons. The number of hydrogen-bond donors (Lipinski definition) is 1. The van der Waals surface area contributed by atoms with Gasteiger partial charge in [-0.2, -0.15) is 0 Å². The maximum Gasteiger partial charge on any atom is 0.0373 e. The first-order valence-corrected chi connectivity index (χ1v) is 9.78. The molecular formula is C23H34N2. The van der Waals surface area contributed by atoms with Gasteiger partial charge in [0.15, 0.2) is 0 Å². The zero-order chi connectivity index (χ0) is 18.1. The van der Waals surface area contributed by atoms with Crippen LogP contribution in [0, 0.1) is 6.92 Å². The summed E-state index contributed by atoms with van der Waals surface area (Å²) in [6.07, 6.45) is 3.61. The van der Waals surface area contributed by atoms with E-state index in [0.717, 1.165) is 19.6 Å². The molecule has 0 heterocycles. The van der Waals surface area contributed by atoms with Gasteiger partial charge in [0.1, 0.15) is 0 Å². The first kappa shape index (κ1) is 19.5. The van der Waals surface area contributed by atoms with Gasteiger partial charge in [0, 0.05) is 24.8 Å². The Kier molecular flexibility index (Phi) is 8.00. The Bertz CT molecular complexity index is 621. The van der Waals surface area contributed by atoms with E-state index in [2.05, 4.69) is 86.4 Å². The normalized spacial score (nSPS) is 12.4. The van der Waals surface area contributed by atoms with E-state index in [1.807, 2.05) is 0 Å². The number of nitrogens with zero attached hydrogens (tertiary/aromatic N) is 1. The Morgan fingerprint density at radius 2 is 1.76 bits per heavy atom. The smallest absolute Gasteiger partial charge is 0.0373 e. The molecule has 0 aromatic heterocycles. The van der Waals surface area contributed by atoms with Crippen molar-refractivity contribution >= 4 is 5.69 Å². The molecule has 0 aliphatic carbocycles. The van der Waals surface area contributed by atoms with E-state index < -0.39 is 0 Å². The maximum absolute atomic E-state index is 3.61. The second-order valence-electron chi connectivity index (χ2n) is 6.99. The molecule has 2 aromatic carbocycles. The summed E-state index contributed by atoms with van der Waals surface area (Å²) in [4.78, 5) is 2.58. The van der Waals surface area contributed by atoms with Gasteiger partial charge in [-0.05, 0) is 56.0 Å². The van der Waals surface area contributed by atoms with Crippen LogP contribution in [0.1, 0.15) is 62.8 Å². The van der Waals surface area contributed by atoms with Crippen molar-refractivity contribution in [3.05, 3.63) is 65.2 Å². The maximum atomic E-state index is 3.61. The Hall–Kier alpha value is -1.80. The highest BCUT2D eigenvalue weighted by atomic mass is 15.1. The van der Waals surface area contributed by atoms with Gasteiger partial charge in [-0.3, -0.25) is 4.90 Å². The van der Waals surface area contributed by atoms with E-state index in [9.17, 15) is 0 Å². The topological polar surface area (TPSA) is 15.3 Å². The van der Waals surface area contributed by atoms with Gasteiger partial charge in [0.25, 0.3) is 0 Å². The first-order chi connectivity index (χ1) is 12.2. The van der Waals surface area contributed by atoms with Crippen LogP contribution in [0.25, 0.3) is 0 Å². The Morgan fingerprint density at radius 1 is 1.00 bits per heavy atom. The SMILES string of the molecule is CCCCNc1cc([C@H](C)N(CCC)Cc2ccccc2)ccc1C. The Morgan fingerprint density at radius 3 is 2.44 bits per heavy atom. The highest BCUT2D eigenvalue weighted by Crippen LogP contribution is 2.27. The van der Waals surface area contributed by atoms with E-state index in [-0.39, 0.29) is 0 Å². The van der Waals surface area contributed by atoms with Crippen LogP contribution in [0.2, 0.25) is 0 Å². The number of rotatable bonds is 10. The van der Waals surface area contributed by atoms with E-state index in [1.165, 1.54) is 41.6 Å². The molecule has 0 bridgehead atoms. The lowest BCUT2D eigenvalue weighted by molar-refractivity contribution is 0.202. The molecule has 0 fully saturated rings. The zero-order valence-electron chi connectivity index (χ0n) is 16.4. The van der Waals surface area contributed by atoms with Crippen LogP contribution in [0.4, 0.5) is 5.69 Å². The predicted molar refractivity (Wildman–Crippen MR) is 110 cm³/mol. The van der Waals surface area contributed by atoms with Crippen molar-refractivity contribution in [2.45, 2.75) is 59.5 Å². The molecule has 2 aromatic rings. The minimum Gasteiger partial charge on any atom is -0.385 e. The van der Waals surface area contributed by atoms with Gasteiger partial charge in [-0.1, -0.05) is 62.7 Å². The molecule has 2 heteroatoms. The fourth-order valence-corrected chi connectivity index (χ4v) is 3.22. The van der Waals surface area contributed by atoms with Crippen LogP contribution in [0.15, 0.2) is 48.5 Å². The van der Waals surface area contributed by atoms with Crippen molar-refractivity contribution in [3.63, 3.8) is 0 Å². The highest BCUT2D eigenvalue weighted by Gasteiger charge is 2.16. The van der Waals surface area contributed by atoms with Crippen LogP contribution in [-0.4, -0.2) is 18.0 Å². The lowest BCUT2D eigenvalue weighted by Gasteiger charge is -2.30. The third-order valence-corrected chi connectivity index (χ3v) is 4.88. The molecule has 0 amide bonds. The Balaban J connectivity index is 2.14. The number of hydrogen-bond acceptors (Lipinski definition) is 2. The van der Waals surface area contributed by atoms with Crippen LogP contribution in [0.5, 0.6) is 0 Å². The van der Waals surface area contributed by atoms with Gasteiger partial charge >= 0.3 is 0 Å². The van der Waals surface area contributed by atoms with Crippen LogP contribution < -0.4 is 5.32 Å². The van der Waals surface area contributed by atoms with Crippen molar-refractivity contribution in [3.8, 4) is 0 Å². The van der Waals surface area contributed by atoms with Crippen molar-refractivity contribution in [2.75, 3.05) is 18.4 Å². The van der Waals surface area contributed by atoms with Crippen molar-refractivity contribution in [1.29, 1.82) is 0 Å². The lowest BCUT2D eigenvalue weighted by Crippen LogP contribution is -2.27. The van der Waals surface area contributed by atoms with Gasteiger partial charge in [0.2, 0.25) is 0 Å². The van der Waals surface area contributed by atoms with Gasteiger partial charge in [-0.15, -0.1) is 0 Å². The van der Waals surface area contributed by atoms with Crippen molar-refractivity contribution in [2.24, 2.45) is 0 Å². The predicted octanol–water partition coefficient (Wildman–Crippen LogP) is 6.18. The molecule has 0 spiro atoms. The van der Waals surface area contributed by atoms with E-state index >= 15 is 0 Å². The molecule has 2 rings (SSSR count). The van der Waals surface area contributed by atoms with Gasteiger partial charge < -0.3 is 5.32 Å². The summed E-state index contributed by atoms with van der Waals surface area (Å²) in [6.45, 7) is 12.2. The van der Waals surface area contributed by atoms with Crippen LogP contribution in [0.3, 0.4) is 0 Å². The first-order valence-electron chi connectivity index (χ1n) is 9.78. The van der Waals surface area contributed by atoms with E-state index in [1.54, 1.807) is 0 Å². The zero-order valence-corrected chi connectivity index (χ0v) is 16.4. The monoisotopic (exact) mass is 338 g/mol. The van der Waals surface area contributed by atoms with Gasteiger partial charge in [0.05, 0.1) is 0 Å². The van der Waals surface area contributed by atoms with E-state index in [4.69, 9.17) is 0 Å². The third-order valence-electron chi connectivity index (χ3n) is 4.88. The molecule has 0 aliphatic heterocycles. The number of nitrogens with one attached hydrogen (secondary N) is 1. The summed E-state index contributed by atoms with van der Waals surface area (Å²) in [5.74, 6) is 0. The number of unbranched alkanes of at least 4 members (excludes halogenated alkanes) is 1. The molecule has 0 unspecified atom stereocenters. The summed E-state index contributed by atoms with van der Waals surface area (Å²) in [5.41, 5.74) is 5.40. The molecule has 0 saturated carbocycles. The quantitative estimate of drug-likeness (QED) is 0.520. The van der Waals surface area contributed by atoms with Gasteiger partial charge in [-0.25, -0.2) is 0 Å². The summed E-state index contributed by atoms with van der Waals surface area (Å²) in [7, 11) is 0. The summed E-state index contributed by atoms with van der Waals surface area (Å²) >= 11 is 0. The molecule has 1 atom stereocenters. The minimum atomic E-state index is 0.410. The van der Waals surface area contributed by atoms with E-state index in [0.29, 0.717) is 6.04 Å². The van der Waals surface area contributed by atoms with Crippen molar-refractivity contribution < 1.29 is 0 Å². The van der Waals surface area contributed by atoms with Crippen LogP contribution in [-0.2, 0) is 6.54 Å². The molecule has 2 nitrogen and oxygen atoms in total. The highest BCUT2D eigenvalue weighted by molar-refractivity contribution is 5.53. The molecule has 0 aliphatic rings.